The summed E-state index contributed by atoms with van der Waals surface area (Å²) >= 11 is 0. The average Bonchev–Trinajstić information content (AvgIpc) is 2.36. The quantitative estimate of drug-likeness (QED) is 0.772. The Labute approximate surface area is 102 Å². The highest BCUT2D eigenvalue weighted by Crippen LogP contribution is 2.24. The summed E-state index contributed by atoms with van der Waals surface area (Å²) in [6.45, 7) is 4.46. The molecule has 1 atom stereocenters. The first-order valence-corrected chi connectivity index (χ1v) is 5.75. The van der Waals surface area contributed by atoms with Crippen LogP contribution >= 0.6 is 0 Å². The highest BCUT2D eigenvalue weighted by atomic mass is 16.5. The van der Waals surface area contributed by atoms with Gasteiger partial charge in [0.05, 0.1) is 19.4 Å². The van der Waals surface area contributed by atoms with Gasteiger partial charge in [0.15, 0.2) is 0 Å². The van der Waals surface area contributed by atoms with Gasteiger partial charge >= 0.3 is 5.97 Å². The van der Waals surface area contributed by atoms with E-state index in [9.17, 15) is 4.79 Å². The average molecular weight is 237 g/mol. The first kappa shape index (κ1) is 13.4. The molecule has 0 saturated carbocycles. The van der Waals surface area contributed by atoms with Crippen LogP contribution in [0.1, 0.15) is 20.3 Å². The fraction of sp³-hybridized carbons (Fsp3) is 0.462. The van der Waals surface area contributed by atoms with Gasteiger partial charge in [-0.05, 0) is 25.5 Å². The number of hydrogen-bond acceptors (Lipinski definition) is 4. The number of nitrogens with one attached hydrogen (secondary N) is 1. The lowest BCUT2D eigenvalue weighted by atomic mass is 10.2. The van der Waals surface area contributed by atoms with Crippen LogP contribution in [-0.4, -0.2) is 25.7 Å². The Kier molecular flexibility index (Phi) is 5.33. The minimum absolute atomic E-state index is 0.296. The highest BCUT2D eigenvalue weighted by Gasteiger charge is 2.14. The van der Waals surface area contributed by atoms with E-state index in [0.717, 1.165) is 17.9 Å². The maximum absolute atomic E-state index is 11.3. The van der Waals surface area contributed by atoms with Crippen LogP contribution in [0.5, 0.6) is 5.75 Å². The number of methoxy groups -OCH3 is 1. The van der Waals surface area contributed by atoms with Crippen LogP contribution in [-0.2, 0) is 9.53 Å². The minimum atomic E-state index is -0.397. The van der Waals surface area contributed by atoms with Crippen LogP contribution in [0, 0.1) is 0 Å². The molecule has 0 spiro atoms. The Morgan fingerprint density at radius 2 is 2.12 bits per heavy atom. The van der Waals surface area contributed by atoms with Crippen LogP contribution < -0.4 is 10.1 Å². The molecule has 0 aliphatic heterocycles. The lowest BCUT2D eigenvalue weighted by Crippen LogP contribution is -2.27. The Balaban J connectivity index is 2.72. The predicted molar refractivity (Wildman–Crippen MR) is 67.3 cm³/mol. The normalized spacial score (nSPS) is 11.7. The molecule has 0 fully saturated rings. The van der Waals surface area contributed by atoms with Crippen molar-refractivity contribution < 1.29 is 14.3 Å². The van der Waals surface area contributed by atoms with Crippen molar-refractivity contribution in [2.45, 2.75) is 26.3 Å². The zero-order valence-electron chi connectivity index (χ0n) is 10.5. The molecule has 1 N–H and O–H groups in total. The van der Waals surface area contributed by atoms with Gasteiger partial charge in [0.2, 0.25) is 0 Å². The van der Waals surface area contributed by atoms with Crippen molar-refractivity contribution in [3.8, 4) is 5.75 Å². The number of anilines is 1. The van der Waals surface area contributed by atoms with Gasteiger partial charge in [-0.2, -0.15) is 0 Å². The molecule has 0 radical (unpaired) electrons. The molecule has 0 aliphatic rings. The molecule has 0 amide bonds. The van der Waals surface area contributed by atoms with Gasteiger partial charge in [0, 0.05) is 0 Å². The standard InChI is InChI=1S/C13H19NO3/c1-4-9-17-12-8-6-5-7-11(12)14-10(2)13(15)16-3/h5-8,10,14H,4,9H2,1-3H3. The van der Waals surface area contributed by atoms with E-state index in [4.69, 9.17) is 4.74 Å². The summed E-state index contributed by atoms with van der Waals surface area (Å²) in [5.41, 5.74) is 0.804. The smallest absolute Gasteiger partial charge is 0.327 e. The Hall–Kier alpha value is -1.71. The molecule has 1 aromatic rings. The minimum Gasteiger partial charge on any atom is -0.491 e. The molecular weight excluding hydrogens is 218 g/mol. The maximum Gasteiger partial charge on any atom is 0.327 e. The van der Waals surface area contributed by atoms with Gasteiger partial charge in [0.25, 0.3) is 0 Å². The van der Waals surface area contributed by atoms with Crippen molar-refractivity contribution in [2.75, 3.05) is 19.0 Å². The Morgan fingerprint density at radius 3 is 2.76 bits per heavy atom. The summed E-state index contributed by atoms with van der Waals surface area (Å²) in [5.74, 6) is 0.459. The largest absolute Gasteiger partial charge is 0.491 e. The molecule has 0 aromatic heterocycles. The molecule has 0 aliphatic carbocycles. The van der Waals surface area contributed by atoms with Crippen molar-refractivity contribution in [2.24, 2.45) is 0 Å². The first-order chi connectivity index (χ1) is 8.19. The van der Waals surface area contributed by atoms with E-state index < -0.39 is 6.04 Å². The fourth-order valence-electron chi connectivity index (χ4n) is 1.39. The Bertz CT molecular complexity index is 365. The molecule has 4 heteroatoms. The number of rotatable bonds is 6. The monoisotopic (exact) mass is 237 g/mol. The number of para-hydroxylation sites is 2. The van der Waals surface area contributed by atoms with Gasteiger partial charge in [0.1, 0.15) is 11.8 Å². The fourth-order valence-corrected chi connectivity index (χ4v) is 1.39. The summed E-state index contributed by atoms with van der Waals surface area (Å²) in [7, 11) is 1.38. The molecule has 0 heterocycles. The lowest BCUT2D eigenvalue weighted by Gasteiger charge is -2.16. The van der Waals surface area contributed by atoms with Crippen LogP contribution in [0.15, 0.2) is 24.3 Å². The van der Waals surface area contributed by atoms with E-state index in [1.807, 2.05) is 31.2 Å². The van der Waals surface area contributed by atoms with Crippen molar-refractivity contribution in [3.05, 3.63) is 24.3 Å². The van der Waals surface area contributed by atoms with Gasteiger partial charge in [-0.1, -0.05) is 19.1 Å². The van der Waals surface area contributed by atoms with Crippen LogP contribution in [0.3, 0.4) is 0 Å². The second kappa shape index (κ2) is 6.78. The molecule has 0 bridgehead atoms. The number of carbonyl (C=O) groups excluding carboxylic acids is 1. The van der Waals surface area contributed by atoms with Crippen LogP contribution in [0.4, 0.5) is 5.69 Å². The van der Waals surface area contributed by atoms with E-state index >= 15 is 0 Å². The van der Waals surface area contributed by atoms with Crippen LogP contribution in [0.2, 0.25) is 0 Å². The molecule has 17 heavy (non-hydrogen) atoms. The molecule has 1 aromatic carbocycles. The van der Waals surface area contributed by atoms with Crippen molar-refractivity contribution in [3.63, 3.8) is 0 Å². The highest BCUT2D eigenvalue weighted by molar-refractivity contribution is 5.79. The van der Waals surface area contributed by atoms with E-state index in [1.54, 1.807) is 6.92 Å². The molecule has 1 rings (SSSR count). The third-order valence-electron chi connectivity index (χ3n) is 2.28. The number of benzene rings is 1. The first-order valence-electron chi connectivity index (χ1n) is 5.75. The zero-order valence-corrected chi connectivity index (χ0v) is 10.5. The molecule has 0 saturated heterocycles. The maximum atomic E-state index is 11.3. The SMILES string of the molecule is CCCOc1ccccc1NC(C)C(=O)OC. The summed E-state index contributed by atoms with van der Waals surface area (Å²) in [6.07, 6.45) is 0.945. The summed E-state index contributed by atoms with van der Waals surface area (Å²) < 4.78 is 10.2. The molecular formula is C13H19NO3. The molecule has 1 unspecified atom stereocenters. The zero-order chi connectivity index (χ0) is 12.7. The van der Waals surface area contributed by atoms with Gasteiger partial charge in [-0.25, -0.2) is 4.79 Å². The number of carbonyl (C=O) groups is 1. The number of esters is 1. The predicted octanol–water partition coefficient (Wildman–Crippen LogP) is 2.45. The summed E-state index contributed by atoms with van der Waals surface area (Å²) in [4.78, 5) is 11.3. The molecule has 94 valence electrons. The second-order valence-electron chi connectivity index (χ2n) is 3.73. The van der Waals surface area contributed by atoms with Gasteiger partial charge in [-0.3, -0.25) is 0 Å². The van der Waals surface area contributed by atoms with Crippen molar-refractivity contribution in [1.29, 1.82) is 0 Å². The summed E-state index contributed by atoms with van der Waals surface area (Å²) in [5, 5.41) is 3.07. The third-order valence-corrected chi connectivity index (χ3v) is 2.28. The van der Waals surface area contributed by atoms with Crippen molar-refractivity contribution in [1.82, 2.24) is 0 Å². The Morgan fingerprint density at radius 1 is 1.41 bits per heavy atom. The van der Waals surface area contributed by atoms with Crippen LogP contribution in [0.25, 0.3) is 0 Å². The van der Waals surface area contributed by atoms with E-state index in [1.165, 1.54) is 7.11 Å². The van der Waals surface area contributed by atoms with E-state index in [-0.39, 0.29) is 5.97 Å². The number of ether oxygens (including phenoxy) is 2. The van der Waals surface area contributed by atoms with E-state index in [2.05, 4.69) is 10.1 Å². The summed E-state index contributed by atoms with van der Waals surface area (Å²) in [6, 6.07) is 7.16. The topological polar surface area (TPSA) is 47.6 Å². The van der Waals surface area contributed by atoms with Gasteiger partial charge in [-0.15, -0.1) is 0 Å². The third kappa shape index (κ3) is 3.98. The molecule has 4 nitrogen and oxygen atoms in total. The lowest BCUT2D eigenvalue weighted by molar-refractivity contribution is -0.141. The van der Waals surface area contributed by atoms with Gasteiger partial charge < -0.3 is 14.8 Å². The van der Waals surface area contributed by atoms with Crippen molar-refractivity contribution >= 4 is 11.7 Å². The second-order valence-corrected chi connectivity index (χ2v) is 3.73. The van der Waals surface area contributed by atoms with E-state index in [0.29, 0.717) is 6.61 Å². The number of hydrogen-bond donors (Lipinski definition) is 1.